The molecule has 0 unspecified atom stereocenters. The Bertz CT molecular complexity index is 1170. The maximum atomic E-state index is 13.2. The van der Waals surface area contributed by atoms with Crippen LogP contribution in [0.15, 0.2) is 73.6 Å². The monoisotopic (exact) mass is 423 g/mol. The summed E-state index contributed by atoms with van der Waals surface area (Å²) < 4.78 is 15.0. The molecule has 2 amide bonds. The van der Waals surface area contributed by atoms with E-state index in [1.807, 2.05) is 0 Å². The van der Waals surface area contributed by atoms with Gasteiger partial charge in [0.1, 0.15) is 30.1 Å². The number of nitrogens with one attached hydrogen (secondary N) is 3. The maximum Gasteiger partial charge on any atom is 0.323 e. The van der Waals surface area contributed by atoms with Crippen LogP contribution >= 0.6 is 11.6 Å². The number of benzene rings is 2. The lowest BCUT2D eigenvalue weighted by molar-refractivity contribution is 0.262. The smallest absolute Gasteiger partial charge is 0.323 e. The van der Waals surface area contributed by atoms with Crippen molar-refractivity contribution >= 4 is 40.5 Å². The van der Waals surface area contributed by atoms with Gasteiger partial charge in [0.05, 0.1) is 5.02 Å². The van der Waals surface area contributed by atoms with Crippen molar-refractivity contribution in [2.45, 2.75) is 0 Å². The summed E-state index contributed by atoms with van der Waals surface area (Å²) in [5, 5.41) is 8.39. The number of hydrogen-bond acceptors (Lipinski definition) is 5. The zero-order valence-electron chi connectivity index (χ0n) is 15.4. The van der Waals surface area contributed by atoms with Crippen LogP contribution in [-0.2, 0) is 0 Å². The molecule has 10 heteroatoms. The fourth-order valence-electron chi connectivity index (χ4n) is 2.60. The van der Waals surface area contributed by atoms with Gasteiger partial charge in [-0.2, -0.15) is 0 Å². The standard InChI is InChI=1S/C20H15ClFN7O/c21-16-9-15(5-6-17(16)22)28-20(30)27-14-3-1-13(2-4-14)26-18-10-19(25-11-24-18)29-8-7-23-12-29/h1-12H,(H,24,25,26)(H2,27,28,30). The number of halogens is 2. The van der Waals surface area contributed by atoms with E-state index in [1.54, 1.807) is 53.6 Å². The number of hydrogen-bond donors (Lipinski definition) is 3. The Morgan fingerprint density at radius 1 is 0.967 bits per heavy atom. The molecule has 150 valence electrons. The van der Waals surface area contributed by atoms with Gasteiger partial charge in [0, 0.05) is 35.5 Å². The maximum absolute atomic E-state index is 13.2. The number of imidazole rings is 1. The Labute approximate surface area is 175 Å². The van der Waals surface area contributed by atoms with Crippen LogP contribution < -0.4 is 16.0 Å². The highest BCUT2D eigenvalue weighted by Crippen LogP contribution is 2.21. The third-order valence-corrected chi connectivity index (χ3v) is 4.30. The van der Waals surface area contributed by atoms with Crippen molar-refractivity contribution in [2.24, 2.45) is 0 Å². The number of nitrogens with zero attached hydrogens (tertiary/aromatic N) is 4. The van der Waals surface area contributed by atoms with Gasteiger partial charge in [-0.1, -0.05) is 11.6 Å². The van der Waals surface area contributed by atoms with Crippen molar-refractivity contribution in [3.63, 3.8) is 0 Å². The number of rotatable bonds is 5. The molecule has 2 aromatic heterocycles. The summed E-state index contributed by atoms with van der Waals surface area (Å²) >= 11 is 5.71. The summed E-state index contributed by atoms with van der Waals surface area (Å²) in [6.07, 6.45) is 6.57. The van der Waals surface area contributed by atoms with E-state index in [4.69, 9.17) is 11.6 Å². The van der Waals surface area contributed by atoms with Gasteiger partial charge in [0.15, 0.2) is 0 Å². The minimum Gasteiger partial charge on any atom is -0.340 e. The second kappa shape index (κ2) is 8.58. The highest BCUT2D eigenvalue weighted by molar-refractivity contribution is 6.31. The first-order valence-electron chi connectivity index (χ1n) is 8.77. The molecule has 4 rings (SSSR count). The van der Waals surface area contributed by atoms with Crippen LogP contribution in [0, 0.1) is 5.82 Å². The second-order valence-corrected chi connectivity index (χ2v) is 6.55. The molecule has 3 N–H and O–H groups in total. The molecule has 0 aliphatic heterocycles. The van der Waals surface area contributed by atoms with Crippen LogP contribution in [0.5, 0.6) is 0 Å². The van der Waals surface area contributed by atoms with E-state index in [0.29, 0.717) is 23.0 Å². The largest absolute Gasteiger partial charge is 0.340 e. The molecule has 2 heterocycles. The Hall–Kier alpha value is -3.98. The molecule has 0 aliphatic carbocycles. The minimum atomic E-state index is -0.549. The van der Waals surface area contributed by atoms with Gasteiger partial charge in [0.25, 0.3) is 0 Å². The number of carbonyl (C=O) groups excluding carboxylic acids is 1. The topological polar surface area (TPSA) is 96.8 Å². The minimum absolute atomic E-state index is 0.0656. The first-order chi connectivity index (χ1) is 14.6. The molecule has 2 aromatic carbocycles. The number of anilines is 4. The molecular weight excluding hydrogens is 409 g/mol. The predicted octanol–water partition coefficient (Wildman–Crippen LogP) is 4.84. The average molecular weight is 424 g/mol. The summed E-state index contributed by atoms with van der Waals surface area (Å²) in [4.78, 5) is 24.5. The Balaban J connectivity index is 1.37. The van der Waals surface area contributed by atoms with E-state index in [-0.39, 0.29) is 5.02 Å². The van der Waals surface area contributed by atoms with Gasteiger partial charge in [0.2, 0.25) is 0 Å². The molecular formula is C20H15ClFN7O. The predicted molar refractivity (Wildman–Crippen MR) is 113 cm³/mol. The zero-order chi connectivity index (χ0) is 20.9. The fourth-order valence-corrected chi connectivity index (χ4v) is 2.78. The van der Waals surface area contributed by atoms with E-state index < -0.39 is 11.8 Å². The molecule has 0 atom stereocenters. The van der Waals surface area contributed by atoms with Crippen molar-refractivity contribution in [2.75, 3.05) is 16.0 Å². The van der Waals surface area contributed by atoms with Gasteiger partial charge in [-0.25, -0.2) is 24.1 Å². The second-order valence-electron chi connectivity index (χ2n) is 6.14. The van der Waals surface area contributed by atoms with E-state index in [2.05, 4.69) is 30.9 Å². The van der Waals surface area contributed by atoms with E-state index in [1.165, 1.54) is 24.5 Å². The molecule has 0 saturated carbocycles. The number of urea groups is 1. The van der Waals surface area contributed by atoms with Crippen molar-refractivity contribution in [1.29, 1.82) is 0 Å². The summed E-state index contributed by atoms with van der Waals surface area (Å²) in [6.45, 7) is 0. The average Bonchev–Trinajstić information content (AvgIpc) is 3.27. The lowest BCUT2D eigenvalue weighted by Crippen LogP contribution is -2.19. The van der Waals surface area contributed by atoms with Crippen molar-refractivity contribution in [3.8, 4) is 5.82 Å². The van der Waals surface area contributed by atoms with Crippen molar-refractivity contribution in [3.05, 3.63) is 84.4 Å². The van der Waals surface area contributed by atoms with Gasteiger partial charge < -0.3 is 16.0 Å². The third-order valence-electron chi connectivity index (χ3n) is 4.01. The highest BCUT2D eigenvalue weighted by atomic mass is 35.5. The molecule has 0 fully saturated rings. The van der Waals surface area contributed by atoms with Crippen molar-refractivity contribution < 1.29 is 9.18 Å². The molecule has 0 radical (unpaired) electrons. The van der Waals surface area contributed by atoms with Crippen LogP contribution in [0.25, 0.3) is 5.82 Å². The molecule has 0 aliphatic rings. The van der Waals surface area contributed by atoms with Crippen molar-refractivity contribution in [1.82, 2.24) is 19.5 Å². The van der Waals surface area contributed by atoms with Gasteiger partial charge in [-0.3, -0.25) is 4.57 Å². The normalized spacial score (nSPS) is 10.5. The molecule has 0 saturated heterocycles. The number of carbonyl (C=O) groups is 1. The first kappa shape index (κ1) is 19.3. The molecule has 4 aromatic rings. The quantitative estimate of drug-likeness (QED) is 0.426. The highest BCUT2D eigenvalue weighted by Gasteiger charge is 2.06. The van der Waals surface area contributed by atoms with Crippen LogP contribution in [0.1, 0.15) is 0 Å². The fraction of sp³-hybridized carbons (Fsp3) is 0. The van der Waals surface area contributed by atoms with Crippen LogP contribution in [0.2, 0.25) is 5.02 Å². The van der Waals surface area contributed by atoms with E-state index in [9.17, 15) is 9.18 Å². The van der Waals surface area contributed by atoms with Gasteiger partial charge >= 0.3 is 6.03 Å². The summed E-state index contributed by atoms with van der Waals surface area (Å²) in [5.41, 5.74) is 1.74. The van der Waals surface area contributed by atoms with Crippen LogP contribution in [0.3, 0.4) is 0 Å². The van der Waals surface area contributed by atoms with E-state index >= 15 is 0 Å². The lowest BCUT2D eigenvalue weighted by Gasteiger charge is -2.10. The molecule has 0 bridgehead atoms. The van der Waals surface area contributed by atoms with Gasteiger partial charge in [-0.05, 0) is 42.5 Å². The van der Waals surface area contributed by atoms with E-state index in [0.717, 1.165) is 5.69 Å². The molecule has 8 nitrogen and oxygen atoms in total. The molecule has 30 heavy (non-hydrogen) atoms. The SMILES string of the molecule is O=C(Nc1ccc(Nc2cc(-n3ccnc3)ncn2)cc1)Nc1ccc(F)c(Cl)c1. The number of amides is 2. The summed E-state index contributed by atoms with van der Waals surface area (Å²) in [7, 11) is 0. The van der Waals surface area contributed by atoms with Gasteiger partial charge in [-0.15, -0.1) is 0 Å². The summed E-state index contributed by atoms with van der Waals surface area (Å²) in [5.74, 6) is 0.743. The van der Waals surface area contributed by atoms with Crippen LogP contribution in [0.4, 0.5) is 32.1 Å². The Morgan fingerprint density at radius 2 is 1.70 bits per heavy atom. The summed E-state index contributed by atoms with van der Waals surface area (Å²) in [6, 6.07) is 12.3. The first-order valence-corrected chi connectivity index (χ1v) is 9.15. The lowest BCUT2D eigenvalue weighted by atomic mass is 10.2. The molecule has 0 spiro atoms. The number of aromatic nitrogens is 4. The van der Waals surface area contributed by atoms with Crippen LogP contribution in [-0.4, -0.2) is 25.6 Å². The third kappa shape index (κ3) is 4.70. The zero-order valence-corrected chi connectivity index (χ0v) is 16.1. The Morgan fingerprint density at radius 3 is 2.43 bits per heavy atom. The Kier molecular flexibility index (Phi) is 5.53.